The van der Waals surface area contributed by atoms with Crippen molar-refractivity contribution < 1.29 is 25.2 Å². The molecule has 1 fully saturated rings. The summed E-state index contributed by atoms with van der Waals surface area (Å²) in [6, 6.07) is 0. The molecule has 0 spiro atoms. The lowest BCUT2D eigenvalue weighted by atomic mass is 10.0. The molecule has 0 saturated carbocycles. The first-order valence-electron chi connectivity index (χ1n) is 3.52. The summed E-state index contributed by atoms with van der Waals surface area (Å²) in [6.07, 6.45) is -4.24. The Labute approximate surface area is 83.1 Å². The van der Waals surface area contributed by atoms with E-state index in [2.05, 4.69) is 0 Å². The summed E-state index contributed by atoms with van der Waals surface area (Å²) in [5, 5.41) is 36.4. The zero-order valence-corrected chi connectivity index (χ0v) is 8.33. The van der Waals surface area contributed by atoms with E-state index < -0.39 is 35.1 Å². The van der Waals surface area contributed by atoms with Crippen LogP contribution in [0.5, 0.6) is 0 Å². The van der Waals surface area contributed by atoms with Crippen molar-refractivity contribution in [2.75, 3.05) is 6.61 Å². The Kier molecular flexibility index (Phi) is 3.68. The standard InChI is InChI=1S/C6H11IO5/c7-3-5(10)4(9)2(1-8)12-6(3)11/h2-6,8-11H,1H2/t2?,3?,4-,5?,6+/m0/s1. The van der Waals surface area contributed by atoms with Gasteiger partial charge in [0.05, 0.1) is 16.6 Å². The number of halogens is 1. The van der Waals surface area contributed by atoms with Crippen molar-refractivity contribution in [2.24, 2.45) is 0 Å². The van der Waals surface area contributed by atoms with Gasteiger partial charge >= 0.3 is 0 Å². The first-order valence-corrected chi connectivity index (χ1v) is 4.77. The molecule has 1 heterocycles. The van der Waals surface area contributed by atoms with Gasteiger partial charge in [0.1, 0.15) is 12.2 Å². The molecule has 0 aromatic carbocycles. The predicted molar refractivity (Wildman–Crippen MR) is 47.8 cm³/mol. The second kappa shape index (κ2) is 4.16. The zero-order chi connectivity index (χ0) is 9.30. The molecule has 3 unspecified atom stereocenters. The number of ether oxygens (including phenoxy) is 1. The molecular weight excluding hydrogens is 279 g/mol. The van der Waals surface area contributed by atoms with Crippen LogP contribution in [0.3, 0.4) is 0 Å². The number of hydrogen-bond acceptors (Lipinski definition) is 5. The molecule has 1 aliphatic heterocycles. The van der Waals surface area contributed by atoms with E-state index in [1.165, 1.54) is 0 Å². The molecule has 0 amide bonds. The maximum absolute atomic E-state index is 9.31. The Morgan fingerprint density at radius 2 is 1.75 bits per heavy atom. The minimum Gasteiger partial charge on any atom is -0.394 e. The van der Waals surface area contributed by atoms with E-state index in [-0.39, 0.29) is 0 Å². The average Bonchev–Trinajstić information content (AvgIpc) is 2.08. The van der Waals surface area contributed by atoms with E-state index in [0.29, 0.717) is 0 Å². The summed E-state index contributed by atoms with van der Waals surface area (Å²) >= 11 is 1.78. The smallest absolute Gasteiger partial charge is 0.169 e. The molecule has 0 bridgehead atoms. The summed E-state index contributed by atoms with van der Waals surface area (Å²) in [5.74, 6) is 0. The van der Waals surface area contributed by atoms with Crippen LogP contribution >= 0.6 is 22.6 Å². The van der Waals surface area contributed by atoms with Gasteiger partial charge in [0.25, 0.3) is 0 Å². The van der Waals surface area contributed by atoms with E-state index in [1.54, 1.807) is 22.6 Å². The topological polar surface area (TPSA) is 90.2 Å². The highest BCUT2D eigenvalue weighted by molar-refractivity contribution is 14.1. The van der Waals surface area contributed by atoms with Crippen molar-refractivity contribution in [1.82, 2.24) is 0 Å². The van der Waals surface area contributed by atoms with Crippen LogP contribution in [-0.4, -0.2) is 55.6 Å². The summed E-state index contributed by atoms with van der Waals surface area (Å²) in [7, 11) is 0. The van der Waals surface area contributed by atoms with Crippen LogP contribution in [0.2, 0.25) is 0 Å². The maximum atomic E-state index is 9.31. The number of aliphatic hydroxyl groups excluding tert-OH is 4. The molecule has 0 aromatic heterocycles. The molecule has 0 aromatic rings. The fourth-order valence-electron chi connectivity index (χ4n) is 1.06. The Morgan fingerprint density at radius 3 is 2.25 bits per heavy atom. The highest BCUT2D eigenvalue weighted by Gasteiger charge is 2.41. The molecule has 72 valence electrons. The number of alkyl halides is 1. The Balaban J connectivity index is 2.63. The van der Waals surface area contributed by atoms with E-state index in [9.17, 15) is 10.2 Å². The van der Waals surface area contributed by atoms with Crippen molar-refractivity contribution in [2.45, 2.75) is 28.5 Å². The van der Waals surface area contributed by atoms with Crippen molar-refractivity contribution in [3.63, 3.8) is 0 Å². The number of hydrogen-bond donors (Lipinski definition) is 4. The van der Waals surface area contributed by atoms with Gasteiger partial charge in [0.15, 0.2) is 6.29 Å². The minimum absolute atomic E-state index is 0.418. The zero-order valence-electron chi connectivity index (χ0n) is 6.17. The first-order chi connectivity index (χ1) is 5.57. The fraction of sp³-hybridized carbons (Fsp3) is 1.00. The average molecular weight is 290 g/mol. The maximum Gasteiger partial charge on any atom is 0.169 e. The van der Waals surface area contributed by atoms with Gasteiger partial charge in [-0.25, -0.2) is 0 Å². The normalized spacial score (nSPS) is 49.2. The van der Waals surface area contributed by atoms with Crippen LogP contribution < -0.4 is 0 Å². The van der Waals surface area contributed by atoms with E-state index >= 15 is 0 Å². The second-order valence-electron chi connectivity index (χ2n) is 2.67. The van der Waals surface area contributed by atoms with Crippen molar-refractivity contribution in [1.29, 1.82) is 0 Å². The molecule has 1 saturated heterocycles. The van der Waals surface area contributed by atoms with Gasteiger partial charge in [-0.2, -0.15) is 0 Å². The third kappa shape index (κ3) is 1.88. The van der Waals surface area contributed by atoms with E-state index in [0.717, 1.165) is 0 Å². The minimum atomic E-state index is -1.14. The van der Waals surface area contributed by atoms with Crippen molar-refractivity contribution >= 4 is 22.6 Å². The van der Waals surface area contributed by atoms with Gasteiger partial charge in [0, 0.05) is 0 Å². The molecule has 4 N–H and O–H groups in total. The van der Waals surface area contributed by atoms with Crippen molar-refractivity contribution in [3.05, 3.63) is 0 Å². The first kappa shape index (κ1) is 10.6. The highest BCUT2D eigenvalue weighted by Crippen LogP contribution is 2.24. The summed E-state index contributed by atoms with van der Waals surface area (Å²) in [4.78, 5) is 0. The molecular formula is C6H11IO5. The largest absolute Gasteiger partial charge is 0.394 e. The van der Waals surface area contributed by atoms with Crippen molar-refractivity contribution in [3.8, 4) is 0 Å². The molecule has 1 rings (SSSR count). The summed E-state index contributed by atoms with van der Waals surface area (Å²) < 4.78 is 4.25. The molecule has 0 radical (unpaired) electrons. The second-order valence-corrected chi connectivity index (χ2v) is 4.11. The third-order valence-corrected chi connectivity index (χ3v) is 3.18. The lowest BCUT2D eigenvalue weighted by molar-refractivity contribution is -0.231. The van der Waals surface area contributed by atoms with Crippen LogP contribution in [0.15, 0.2) is 0 Å². The fourth-order valence-corrected chi connectivity index (χ4v) is 1.66. The van der Waals surface area contributed by atoms with Crippen LogP contribution in [0.25, 0.3) is 0 Å². The Bertz CT molecular complexity index is 150. The van der Waals surface area contributed by atoms with Gasteiger partial charge in [-0.1, -0.05) is 22.6 Å². The van der Waals surface area contributed by atoms with Crippen LogP contribution in [-0.2, 0) is 4.74 Å². The lowest BCUT2D eigenvalue weighted by Gasteiger charge is -2.37. The van der Waals surface area contributed by atoms with E-state index in [4.69, 9.17) is 14.9 Å². The van der Waals surface area contributed by atoms with Gasteiger partial charge < -0.3 is 25.2 Å². The molecule has 6 heteroatoms. The highest BCUT2D eigenvalue weighted by atomic mass is 127. The quantitative estimate of drug-likeness (QED) is 0.339. The Hall–Kier alpha value is 0.530. The molecule has 0 aliphatic carbocycles. The summed E-state index contributed by atoms with van der Waals surface area (Å²) in [5.41, 5.74) is 0. The van der Waals surface area contributed by atoms with E-state index in [1.807, 2.05) is 0 Å². The third-order valence-electron chi connectivity index (χ3n) is 1.82. The summed E-state index contributed by atoms with van der Waals surface area (Å²) in [6.45, 7) is -0.418. The lowest BCUT2D eigenvalue weighted by Crippen LogP contribution is -2.56. The van der Waals surface area contributed by atoms with Gasteiger partial charge in [0.2, 0.25) is 0 Å². The SMILES string of the molecule is OCC1O[C@@H](O)C(I)C(O)[C@H]1O. The molecule has 5 atom stereocenters. The van der Waals surface area contributed by atoms with Gasteiger partial charge in [-0.3, -0.25) is 0 Å². The monoisotopic (exact) mass is 290 g/mol. The molecule has 12 heavy (non-hydrogen) atoms. The predicted octanol–water partition coefficient (Wildman–Crippen LogP) is -1.78. The molecule has 5 nitrogen and oxygen atoms in total. The molecule has 1 aliphatic rings. The van der Waals surface area contributed by atoms with Crippen LogP contribution in [0.4, 0.5) is 0 Å². The number of aliphatic hydroxyl groups is 4. The Morgan fingerprint density at radius 1 is 1.17 bits per heavy atom. The van der Waals surface area contributed by atoms with Crippen LogP contribution in [0.1, 0.15) is 0 Å². The number of rotatable bonds is 1. The van der Waals surface area contributed by atoms with Gasteiger partial charge in [-0.15, -0.1) is 0 Å². The van der Waals surface area contributed by atoms with Gasteiger partial charge in [-0.05, 0) is 0 Å². The van der Waals surface area contributed by atoms with Crippen LogP contribution in [0, 0.1) is 0 Å².